The highest BCUT2D eigenvalue weighted by Gasteiger charge is 2.19. The predicted octanol–water partition coefficient (Wildman–Crippen LogP) is 4.51. The van der Waals surface area contributed by atoms with Crippen LogP contribution in [0.5, 0.6) is 0 Å². The van der Waals surface area contributed by atoms with Crippen molar-refractivity contribution >= 4 is 5.71 Å². The Morgan fingerprint density at radius 3 is 2.67 bits per heavy atom. The normalized spacial score (nSPS) is 15.0. The van der Waals surface area contributed by atoms with Crippen molar-refractivity contribution < 1.29 is 13.6 Å². The van der Waals surface area contributed by atoms with E-state index in [1.165, 1.54) is 18.2 Å². The van der Waals surface area contributed by atoms with Crippen LogP contribution in [0.3, 0.4) is 0 Å². The highest BCUT2D eigenvalue weighted by atomic mass is 19.1. The molecule has 0 amide bonds. The predicted molar refractivity (Wildman–Crippen MR) is 125 cm³/mol. The largest absolute Gasteiger partial charge is 0.392 e. The first-order valence-corrected chi connectivity index (χ1v) is 11.2. The summed E-state index contributed by atoms with van der Waals surface area (Å²) in [4.78, 5) is 18.6. The lowest BCUT2D eigenvalue weighted by atomic mass is 10.0. The van der Waals surface area contributed by atoms with Crippen molar-refractivity contribution in [3.05, 3.63) is 99.0 Å². The number of oxime groups is 1. The number of para-hydroxylation sites is 1. The summed E-state index contributed by atoms with van der Waals surface area (Å²) in [7, 11) is 0. The van der Waals surface area contributed by atoms with Gasteiger partial charge in [0.25, 0.3) is 5.56 Å². The molecule has 0 spiro atoms. The quantitative estimate of drug-likeness (QED) is 0.443. The summed E-state index contributed by atoms with van der Waals surface area (Å²) >= 11 is 0. The molecule has 33 heavy (non-hydrogen) atoms. The van der Waals surface area contributed by atoms with Crippen LogP contribution in [0.2, 0.25) is 0 Å². The minimum Gasteiger partial charge on any atom is -0.392 e. The molecular formula is C26H27F2N3O2. The lowest BCUT2D eigenvalue weighted by Gasteiger charge is -2.21. The molecule has 2 heterocycles. The monoisotopic (exact) mass is 451 g/mol. The number of aromatic nitrogens is 1. The van der Waals surface area contributed by atoms with Crippen molar-refractivity contribution in [3.8, 4) is 5.69 Å². The first-order valence-electron chi connectivity index (χ1n) is 11.2. The van der Waals surface area contributed by atoms with Gasteiger partial charge in [0.05, 0.1) is 5.69 Å². The second-order valence-electron chi connectivity index (χ2n) is 8.18. The number of halogens is 2. The fourth-order valence-corrected chi connectivity index (χ4v) is 4.12. The van der Waals surface area contributed by atoms with Gasteiger partial charge in [0.1, 0.15) is 23.5 Å². The highest BCUT2D eigenvalue weighted by Crippen LogP contribution is 2.22. The molecule has 0 radical (unpaired) electrons. The Labute approximate surface area is 191 Å². The van der Waals surface area contributed by atoms with E-state index in [-0.39, 0.29) is 22.9 Å². The maximum absolute atomic E-state index is 14.8. The van der Waals surface area contributed by atoms with Crippen LogP contribution in [0.1, 0.15) is 42.0 Å². The average molecular weight is 452 g/mol. The van der Waals surface area contributed by atoms with Crippen molar-refractivity contribution in [2.24, 2.45) is 5.16 Å². The second kappa shape index (κ2) is 10.1. The minimum absolute atomic E-state index is 0.0984. The molecule has 1 fully saturated rings. The summed E-state index contributed by atoms with van der Waals surface area (Å²) in [6.07, 6.45) is 3.87. The average Bonchev–Trinajstić information content (AvgIpc) is 2.82. The van der Waals surface area contributed by atoms with E-state index >= 15 is 0 Å². The van der Waals surface area contributed by atoms with Gasteiger partial charge in [0.15, 0.2) is 0 Å². The molecule has 2 aromatic carbocycles. The number of nitrogens with one attached hydrogen (secondary N) is 1. The molecule has 7 heteroatoms. The summed E-state index contributed by atoms with van der Waals surface area (Å²) < 4.78 is 29.9. The van der Waals surface area contributed by atoms with Crippen LogP contribution in [-0.4, -0.2) is 29.5 Å². The summed E-state index contributed by atoms with van der Waals surface area (Å²) in [5.74, 6) is -1.42. The van der Waals surface area contributed by atoms with Crippen LogP contribution in [-0.2, 0) is 11.3 Å². The Morgan fingerprint density at radius 1 is 1.15 bits per heavy atom. The Bertz CT molecular complexity index is 1230. The van der Waals surface area contributed by atoms with E-state index < -0.39 is 11.6 Å². The molecule has 0 saturated carbocycles. The molecule has 4 rings (SSSR count). The lowest BCUT2D eigenvalue weighted by Crippen LogP contribution is -2.31. The summed E-state index contributed by atoms with van der Waals surface area (Å²) in [6, 6.07) is 12.3. The fraction of sp³-hybridized carbons (Fsp3) is 0.308. The smallest absolute Gasteiger partial charge is 0.255 e. The van der Waals surface area contributed by atoms with E-state index in [1.807, 2.05) is 32.0 Å². The Kier molecular flexibility index (Phi) is 6.99. The third-order valence-corrected chi connectivity index (χ3v) is 5.89. The van der Waals surface area contributed by atoms with Gasteiger partial charge in [-0.2, -0.15) is 0 Å². The standard InChI is InChI=1S/C26H27F2N3O2/c1-3-18-6-4-5-17(2)26(18)31-16-19(7-10-24(31)32)25(22-9-8-20(27)15-23(22)28)30-33-21-11-13-29-14-12-21/h4-10,15-16,21,29H,3,11-14H2,1-2H3/b30-25-. The number of rotatable bonds is 6. The van der Waals surface area contributed by atoms with Gasteiger partial charge in [0.2, 0.25) is 0 Å². The third-order valence-electron chi connectivity index (χ3n) is 5.89. The van der Waals surface area contributed by atoms with Gasteiger partial charge in [-0.1, -0.05) is 30.3 Å². The number of benzene rings is 2. The highest BCUT2D eigenvalue weighted by molar-refractivity contribution is 6.12. The minimum atomic E-state index is -0.745. The van der Waals surface area contributed by atoms with Gasteiger partial charge in [-0.25, -0.2) is 8.78 Å². The molecule has 1 aromatic heterocycles. The molecule has 1 N–H and O–H groups in total. The van der Waals surface area contributed by atoms with Crippen molar-refractivity contribution in [2.75, 3.05) is 13.1 Å². The molecule has 0 aliphatic carbocycles. The molecule has 1 aliphatic rings. The van der Waals surface area contributed by atoms with Gasteiger partial charge in [0, 0.05) is 29.5 Å². The van der Waals surface area contributed by atoms with E-state index in [1.54, 1.807) is 16.8 Å². The summed E-state index contributed by atoms with van der Waals surface area (Å²) in [5, 5.41) is 7.58. The topological polar surface area (TPSA) is 55.6 Å². The Balaban J connectivity index is 1.84. The molecule has 3 aromatic rings. The number of nitrogens with zero attached hydrogens (tertiary/aromatic N) is 2. The van der Waals surface area contributed by atoms with Gasteiger partial charge in [-0.3, -0.25) is 9.36 Å². The zero-order chi connectivity index (χ0) is 23.4. The fourth-order valence-electron chi connectivity index (χ4n) is 4.12. The SMILES string of the molecule is CCc1cccc(C)c1-n1cc(/C(=N/OC2CCNCC2)c2ccc(F)cc2F)ccc1=O. The molecule has 1 aliphatic heterocycles. The summed E-state index contributed by atoms with van der Waals surface area (Å²) in [5.41, 5.74) is 3.38. The van der Waals surface area contributed by atoms with E-state index in [2.05, 4.69) is 10.5 Å². The van der Waals surface area contributed by atoms with Crippen LogP contribution < -0.4 is 10.9 Å². The van der Waals surface area contributed by atoms with Crippen molar-refractivity contribution in [1.82, 2.24) is 9.88 Å². The van der Waals surface area contributed by atoms with Gasteiger partial charge >= 0.3 is 0 Å². The van der Waals surface area contributed by atoms with Crippen LogP contribution in [0.4, 0.5) is 8.78 Å². The number of hydrogen-bond acceptors (Lipinski definition) is 4. The van der Waals surface area contributed by atoms with E-state index in [4.69, 9.17) is 4.84 Å². The van der Waals surface area contributed by atoms with Gasteiger partial charge < -0.3 is 10.2 Å². The van der Waals surface area contributed by atoms with Gasteiger partial charge in [-0.15, -0.1) is 0 Å². The molecule has 0 bridgehead atoms. The van der Waals surface area contributed by atoms with E-state index in [0.29, 0.717) is 5.56 Å². The van der Waals surface area contributed by atoms with Crippen molar-refractivity contribution in [3.63, 3.8) is 0 Å². The summed E-state index contributed by atoms with van der Waals surface area (Å²) in [6.45, 7) is 5.61. The first-order chi connectivity index (χ1) is 16.0. The maximum atomic E-state index is 14.8. The Morgan fingerprint density at radius 2 is 1.94 bits per heavy atom. The number of pyridine rings is 1. The first kappa shape index (κ1) is 22.9. The van der Waals surface area contributed by atoms with Crippen LogP contribution in [0.15, 0.2) is 64.7 Å². The van der Waals surface area contributed by atoms with E-state index in [0.717, 1.165) is 55.2 Å². The lowest BCUT2D eigenvalue weighted by molar-refractivity contribution is 0.0378. The van der Waals surface area contributed by atoms with Crippen LogP contribution >= 0.6 is 0 Å². The van der Waals surface area contributed by atoms with Crippen molar-refractivity contribution in [1.29, 1.82) is 0 Å². The van der Waals surface area contributed by atoms with Crippen LogP contribution in [0.25, 0.3) is 5.69 Å². The molecule has 0 atom stereocenters. The van der Waals surface area contributed by atoms with Crippen molar-refractivity contribution in [2.45, 2.75) is 39.2 Å². The third kappa shape index (κ3) is 5.03. The Hall–Kier alpha value is -3.32. The molecular weight excluding hydrogens is 424 g/mol. The van der Waals surface area contributed by atoms with Gasteiger partial charge in [-0.05, 0) is 68.6 Å². The molecule has 5 nitrogen and oxygen atoms in total. The molecule has 172 valence electrons. The maximum Gasteiger partial charge on any atom is 0.255 e. The zero-order valence-electron chi connectivity index (χ0n) is 18.8. The molecule has 0 unspecified atom stereocenters. The van der Waals surface area contributed by atoms with E-state index in [9.17, 15) is 13.6 Å². The number of piperidine rings is 1. The number of hydrogen-bond donors (Lipinski definition) is 1. The zero-order valence-corrected chi connectivity index (χ0v) is 18.8. The molecule has 1 saturated heterocycles. The second-order valence-corrected chi connectivity index (χ2v) is 8.18. The number of aryl methyl sites for hydroxylation is 2. The van der Waals surface area contributed by atoms with Crippen LogP contribution in [0, 0.1) is 18.6 Å².